The summed E-state index contributed by atoms with van der Waals surface area (Å²) in [7, 11) is -3.62. The summed E-state index contributed by atoms with van der Waals surface area (Å²) in [6.45, 7) is 0.577. The van der Waals surface area contributed by atoms with Gasteiger partial charge >= 0.3 is 0 Å². The number of amides is 1. The van der Waals surface area contributed by atoms with Crippen LogP contribution < -0.4 is 5.32 Å². The van der Waals surface area contributed by atoms with E-state index in [0.717, 1.165) is 31.2 Å². The van der Waals surface area contributed by atoms with E-state index in [9.17, 15) is 18.5 Å². The molecular formula is C22H25N3O3S2. The second kappa shape index (κ2) is 8.88. The summed E-state index contributed by atoms with van der Waals surface area (Å²) in [5.41, 5.74) is 1.68. The Balaban J connectivity index is 1.50. The molecule has 2 heterocycles. The fourth-order valence-corrected chi connectivity index (χ4v) is 7.07. The fourth-order valence-electron chi connectivity index (χ4n) is 4.28. The summed E-state index contributed by atoms with van der Waals surface area (Å²) >= 11 is 1.51. The lowest BCUT2D eigenvalue weighted by Crippen LogP contribution is -2.43. The minimum atomic E-state index is -3.62. The highest BCUT2D eigenvalue weighted by Crippen LogP contribution is 2.37. The van der Waals surface area contributed by atoms with Crippen LogP contribution in [0.5, 0.6) is 0 Å². The Morgan fingerprint density at radius 3 is 2.67 bits per heavy atom. The zero-order chi connectivity index (χ0) is 21.1. The number of nitriles is 1. The molecule has 2 aromatic rings. The normalized spacial score (nSPS) is 20.0. The third kappa shape index (κ3) is 4.15. The number of sulfonamides is 1. The van der Waals surface area contributed by atoms with E-state index in [1.165, 1.54) is 26.9 Å². The molecule has 1 amide bonds. The Morgan fingerprint density at radius 2 is 1.90 bits per heavy atom. The van der Waals surface area contributed by atoms with Crippen LogP contribution >= 0.6 is 11.3 Å². The lowest BCUT2D eigenvalue weighted by atomic mass is 9.98. The Labute approximate surface area is 181 Å². The van der Waals surface area contributed by atoms with Gasteiger partial charge in [0.15, 0.2) is 0 Å². The smallest absolute Gasteiger partial charge is 0.243 e. The highest BCUT2D eigenvalue weighted by Gasteiger charge is 2.34. The number of benzene rings is 1. The van der Waals surface area contributed by atoms with Crippen molar-refractivity contribution < 1.29 is 13.2 Å². The minimum Gasteiger partial charge on any atom is -0.316 e. The number of carbonyl (C=O) groups is 1. The molecule has 1 aromatic carbocycles. The largest absolute Gasteiger partial charge is 0.316 e. The van der Waals surface area contributed by atoms with Crippen molar-refractivity contribution in [1.29, 1.82) is 5.26 Å². The maximum absolute atomic E-state index is 13.0. The average molecular weight is 444 g/mol. The number of aryl methyl sites for hydroxylation is 1. The van der Waals surface area contributed by atoms with Crippen LogP contribution in [0.2, 0.25) is 0 Å². The van der Waals surface area contributed by atoms with Gasteiger partial charge in [-0.1, -0.05) is 24.6 Å². The number of hydrogen-bond donors (Lipinski definition) is 1. The minimum absolute atomic E-state index is 0.163. The topological polar surface area (TPSA) is 90.3 Å². The summed E-state index contributed by atoms with van der Waals surface area (Å²) in [5.74, 6) is -0.624. The predicted molar refractivity (Wildman–Crippen MR) is 117 cm³/mol. The van der Waals surface area contributed by atoms with Gasteiger partial charge in [-0.2, -0.15) is 9.57 Å². The summed E-state index contributed by atoms with van der Waals surface area (Å²) in [5, 5.41) is 13.2. The summed E-state index contributed by atoms with van der Waals surface area (Å²) in [4.78, 5) is 14.4. The fraction of sp³-hybridized carbons (Fsp3) is 0.455. The van der Waals surface area contributed by atoms with Crippen LogP contribution in [0.15, 0.2) is 35.2 Å². The van der Waals surface area contributed by atoms with E-state index in [1.807, 2.05) is 0 Å². The van der Waals surface area contributed by atoms with Crippen molar-refractivity contribution in [2.75, 3.05) is 18.4 Å². The third-order valence-electron chi connectivity index (χ3n) is 5.91. The summed E-state index contributed by atoms with van der Waals surface area (Å²) < 4.78 is 27.3. The Bertz CT molecular complexity index is 1070. The van der Waals surface area contributed by atoms with Gasteiger partial charge in [-0.25, -0.2) is 8.42 Å². The lowest BCUT2D eigenvalue weighted by Gasteiger charge is -2.31. The molecule has 0 bridgehead atoms. The number of nitrogens with one attached hydrogen (secondary N) is 1. The first-order valence-electron chi connectivity index (χ1n) is 10.4. The van der Waals surface area contributed by atoms with Crippen LogP contribution in [0.4, 0.5) is 5.00 Å². The molecule has 4 rings (SSSR count). The standard InChI is InChI=1S/C22H25N3O3S2/c23-14-19-18-11-5-2-6-12-20(18)29-22(19)24-21(26)16-8-7-13-25(15-16)30(27,28)17-9-3-1-4-10-17/h1,3-4,9-10,16H,2,5-8,11-13,15H2,(H,24,26). The van der Waals surface area contributed by atoms with Crippen molar-refractivity contribution in [3.05, 3.63) is 46.3 Å². The van der Waals surface area contributed by atoms with Crippen LogP contribution in [0, 0.1) is 17.2 Å². The Morgan fingerprint density at radius 1 is 1.13 bits per heavy atom. The molecule has 1 atom stereocenters. The van der Waals surface area contributed by atoms with Crippen LogP contribution in [-0.4, -0.2) is 31.7 Å². The number of piperidine rings is 1. The van der Waals surface area contributed by atoms with Crippen LogP contribution in [0.25, 0.3) is 0 Å². The average Bonchev–Trinajstić information content (AvgIpc) is 2.93. The monoisotopic (exact) mass is 443 g/mol. The van der Waals surface area contributed by atoms with Gasteiger partial charge in [0, 0.05) is 18.0 Å². The van der Waals surface area contributed by atoms with Gasteiger partial charge in [-0.3, -0.25) is 4.79 Å². The van der Waals surface area contributed by atoms with Gasteiger partial charge in [0.2, 0.25) is 15.9 Å². The number of nitrogens with zero attached hydrogens (tertiary/aromatic N) is 2. The molecule has 1 aliphatic heterocycles. The molecule has 1 aliphatic carbocycles. The van der Waals surface area contributed by atoms with Gasteiger partial charge in [0.05, 0.1) is 16.4 Å². The third-order valence-corrected chi connectivity index (χ3v) is 8.99. The molecule has 0 saturated carbocycles. The highest BCUT2D eigenvalue weighted by atomic mass is 32.2. The molecule has 6 nitrogen and oxygen atoms in total. The van der Waals surface area contributed by atoms with Crippen molar-refractivity contribution in [1.82, 2.24) is 4.31 Å². The molecule has 30 heavy (non-hydrogen) atoms. The zero-order valence-corrected chi connectivity index (χ0v) is 18.4. The van der Waals surface area contributed by atoms with E-state index in [-0.39, 0.29) is 17.3 Å². The maximum Gasteiger partial charge on any atom is 0.243 e. The van der Waals surface area contributed by atoms with Crippen molar-refractivity contribution in [3.8, 4) is 6.07 Å². The molecule has 2 aliphatic rings. The van der Waals surface area contributed by atoms with E-state index in [4.69, 9.17) is 0 Å². The van der Waals surface area contributed by atoms with Crippen LogP contribution in [-0.2, 0) is 27.7 Å². The van der Waals surface area contributed by atoms with E-state index in [1.54, 1.807) is 30.3 Å². The molecule has 1 unspecified atom stereocenters. The number of rotatable bonds is 4. The molecule has 1 saturated heterocycles. The highest BCUT2D eigenvalue weighted by molar-refractivity contribution is 7.89. The molecule has 8 heteroatoms. The van der Waals surface area contributed by atoms with Gasteiger partial charge < -0.3 is 5.32 Å². The van der Waals surface area contributed by atoms with Crippen molar-refractivity contribution in [2.24, 2.45) is 5.92 Å². The molecule has 1 fully saturated rings. The van der Waals surface area contributed by atoms with Crippen LogP contribution in [0.3, 0.4) is 0 Å². The van der Waals surface area contributed by atoms with Gasteiger partial charge in [-0.05, 0) is 56.2 Å². The first-order chi connectivity index (χ1) is 14.5. The number of anilines is 1. The predicted octanol–water partition coefficient (Wildman–Crippen LogP) is 3.93. The van der Waals surface area contributed by atoms with E-state index >= 15 is 0 Å². The molecule has 158 valence electrons. The molecular weight excluding hydrogens is 418 g/mol. The summed E-state index contributed by atoms with van der Waals surface area (Å²) in [6, 6.07) is 10.6. The number of thiophene rings is 1. The molecule has 1 N–H and O–H groups in total. The molecule has 0 spiro atoms. The van der Waals surface area contributed by atoms with Crippen molar-refractivity contribution in [3.63, 3.8) is 0 Å². The first-order valence-corrected chi connectivity index (χ1v) is 12.7. The lowest BCUT2D eigenvalue weighted by molar-refractivity contribution is -0.120. The van der Waals surface area contributed by atoms with Crippen LogP contribution in [0.1, 0.15) is 48.1 Å². The van der Waals surface area contributed by atoms with E-state index < -0.39 is 15.9 Å². The van der Waals surface area contributed by atoms with Crippen molar-refractivity contribution in [2.45, 2.75) is 49.8 Å². The molecule has 1 aromatic heterocycles. The Hall–Kier alpha value is -2.21. The number of fused-ring (bicyclic) bond motifs is 1. The van der Waals surface area contributed by atoms with E-state index in [0.29, 0.717) is 30.0 Å². The number of carbonyl (C=O) groups excluding carboxylic acids is 1. The second-order valence-corrected chi connectivity index (χ2v) is 10.9. The Kier molecular flexibility index (Phi) is 6.23. The maximum atomic E-state index is 13.0. The van der Waals surface area contributed by atoms with Gasteiger partial charge in [0.25, 0.3) is 0 Å². The molecule has 0 radical (unpaired) electrons. The quantitative estimate of drug-likeness (QED) is 0.725. The van der Waals surface area contributed by atoms with Gasteiger partial charge in [-0.15, -0.1) is 11.3 Å². The summed E-state index contributed by atoms with van der Waals surface area (Å²) in [6.07, 6.45) is 6.47. The van der Waals surface area contributed by atoms with Gasteiger partial charge in [0.1, 0.15) is 11.1 Å². The van der Waals surface area contributed by atoms with Crippen molar-refractivity contribution >= 4 is 32.3 Å². The zero-order valence-electron chi connectivity index (χ0n) is 16.8. The second-order valence-electron chi connectivity index (χ2n) is 7.88. The first kappa shape index (κ1) is 21.0. The van der Waals surface area contributed by atoms with E-state index in [2.05, 4.69) is 11.4 Å². The SMILES string of the molecule is N#Cc1c(NC(=O)C2CCCN(S(=O)(=O)c3ccccc3)C2)sc2c1CCCCC2. The number of hydrogen-bond acceptors (Lipinski definition) is 5.